The lowest BCUT2D eigenvalue weighted by Crippen LogP contribution is -2.54. The number of imide groups is 1. The number of aryl methyl sites for hydroxylation is 1. The van der Waals surface area contributed by atoms with E-state index in [9.17, 15) is 24.0 Å². The molecule has 0 spiro atoms. The van der Waals surface area contributed by atoms with E-state index < -0.39 is 5.97 Å². The van der Waals surface area contributed by atoms with E-state index in [0.717, 1.165) is 161 Å². The van der Waals surface area contributed by atoms with Gasteiger partial charge in [0, 0.05) is 134 Å². The third kappa shape index (κ3) is 12.3. The van der Waals surface area contributed by atoms with Gasteiger partial charge in [0.15, 0.2) is 0 Å². The predicted molar refractivity (Wildman–Crippen MR) is 266 cm³/mol. The quantitative estimate of drug-likeness (QED) is 0.148. The fourth-order valence-electron chi connectivity index (χ4n) is 11.6. The minimum absolute atomic E-state index is 0.0109. The molecule has 6 aliphatic rings. The van der Waals surface area contributed by atoms with Gasteiger partial charge in [-0.2, -0.15) is 10.1 Å². The third-order valence-corrected chi connectivity index (χ3v) is 15.8. The van der Waals surface area contributed by atoms with Crippen molar-refractivity contribution >= 4 is 52.7 Å². The van der Waals surface area contributed by atoms with Crippen molar-refractivity contribution < 1.29 is 28.7 Å². The Morgan fingerprint density at radius 1 is 0.743 bits per heavy atom. The number of anilines is 4. The number of ether oxygens (including phenoxy) is 1. The highest BCUT2D eigenvalue weighted by Crippen LogP contribution is 2.34. The molecular formula is C51H73N13O6. The summed E-state index contributed by atoms with van der Waals surface area (Å²) in [6.07, 6.45) is 14.2. The fourth-order valence-corrected chi connectivity index (χ4v) is 11.6. The van der Waals surface area contributed by atoms with Crippen LogP contribution in [-0.4, -0.2) is 184 Å². The Hall–Kier alpha value is -5.66. The molecule has 0 bridgehead atoms. The molecule has 19 heteroatoms. The number of piperazine rings is 3. The molecule has 1 unspecified atom stereocenters. The van der Waals surface area contributed by atoms with Gasteiger partial charge in [0.1, 0.15) is 11.4 Å². The van der Waals surface area contributed by atoms with Crippen LogP contribution in [0.4, 0.5) is 23.1 Å². The molecule has 3 N–H and O–H groups in total. The number of hydrogen-bond acceptors (Lipinski definition) is 15. The van der Waals surface area contributed by atoms with Gasteiger partial charge >= 0.3 is 5.97 Å². The summed E-state index contributed by atoms with van der Waals surface area (Å²) >= 11 is 0. The predicted octanol–water partition coefficient (Wildman–Crippen LogP) is 3.68. The normalized spacial score (nSPS) is 25.3. The Bertz CT molecular complexity index is 2270. The summed E-state index contributed by atoms with van der Waals surface area (Å²) in [5.74, 6) is 0.351. The number of aromatic nitrogens is 4. The van der Waals surface area contributed by atoms with E-state index in [0.29, 0.717) is 36.2 Å². The Morgan fingerprint density at radius 2 is 1.36 bits per heavy atom. The van der Waals surface area contributed by atoms with Crippen LogP contribution in [0.15, 0.2) is 42.9 Å². The van der Waals surface area contributed by atoms with Gasteiger partial charge in [-0.05, 0) is 102 Å². The number of benzene rings is 1. The second kappa shape index (κ2) is 23.1. The lowest BCUT2D eigenvalue weighted by molar-refractivity contribution is -0.143. The zero-order valence-electron chi connectivity index (χ0n) is 41.2. The molecule has 6 heterocycles. The van der Waals surface area contributed by atoms with Crippen molar-refractivity contribution in [3.05, 3.63) is 54.0 Å². The molecule has 70 heavy (non-hydrogen) atoms. The number of esters is 1. The molecule has 378 valence electrons. The minimum atomic E-state index is -0.451. The SMILES string of the molecule is CCOC(=O)c1cnc(Nc2cnn(C)c2)nc1NC1CCC(N2CCN(C(=O)C3CCC(C(=O)N4CCN(CCCN5CCN(c6ccc(C7CCC(=O)NC7=O)cc6)CC5)CC4)CC3)CC2)CC1. The zero-order chi connectivity index (χ0) is 48.6. The van der Waals surface area contributed by atoms with Crippen molar-refractivity contribution in [2.45, 2.75) is 95.6 Å². The van der Waals surface area contributed by atoms with E-state index in [4.69, 9.17) is 4.74 Å². The first-order valence-corrected chi connectivity index (χ1v) is 26.1. The van der Waals surface area contributed by atoms with E-state index in [2.05, 4.69) is 72.5 Å². The van der Waals surface area contributed by atoms with Crippen LogP contribution in [0, 0.1) is 11.8 Å². The van der Waals surface area contributed by atoms with E-state index in [1.54, 1.807) is 17.8 Å². The van der Waals surface area contributed by atoms with E-state index in [1.807, 2.05) is 25.4 Å². The summed E-state index contributed by atoms with van der Waals surface area (Å²) in [6, 6.07) is 8.90. The Labute approximate surface area is 412 Å². The van der Waals surface area contributed by atoms with Crippen LogP contribution in [0.25, 0.3) is 0 Å². The number of hydrogen-bond donors (Lipinski definition) is 3. The molecule has 19 nitrogen and oxygen atoms in total. The van der Waals surface area contributed by atoms with Crippen LogP contribution < -0.4 is 20.9 Å². The fraction of sp³-hybridized carbons (Fsp3) is 0.647. The van der Waals surface area contributed by atoms with Gasteiger partial charge in [0.05, 0.1) is 24.4 Å². The maximum absolute atomic E-state index is 13.8. The van der Waals surface area contributed by atoms with Crippen molar-refractivity contribution in [3.63, 3.8) is 0 Å². The Morgan fingerprint density at radius 3 is 1.94 bits per heavy atom. The zero-order valence-corrected chi connectivity index (χ0v) is 41.2. The van der Waals surface area contributed by atoms with Gasteiger partial charge < -0.3 is 30.1 Å². The molecule has 0 radical (unpaired) electrons. The van der Waals surface area contributed by atoms with Crippen LogP contribution in [0.2, 0.25) is 0 Å². The first kappa shape index (κ1) is 49.3. The van der Waals surface area contributed by atoms with Gasteiger partial charge in [0.2, 0.25) is 29.6 Å². The highest BCUT2D eigenvalue weighted by Gasteiger charge is 2.37. The Balaban J connectivity index is 0.632. The van der Waals surface area contributed by atoms with Crippen LogP contribution in [0.5, 0.6) is 0 Å². The first-order valence-electron chi connectivity index (χ1n) is 26.1. The van der Waals surface area contributed by atoms with Gasteiger partial charge in [-0.15, -0.1) is 0 Å². The lowest BCUT2D eigenvalue weighted by Gasteiger charge is -2.43. The highest BCUT2D eigenvalue weighted by atomic mass is 16.5. The molecule has 2 aromatic heterocycles. The van der Waals surface area contributed by atoms with Gasteiger partial charge in [-0.1, -0.05) is 12.1 Å². The molecule has 4 aliphatic heterocycles. The highest BCUT2D eigenvalue weighted by molar-refractivity contribution is 6.01. The first-order chi connectivity index (χ1) is 34.1. The molecule has 9 rings (SSSR count). The van der Waals surface area contributed by atoms with Crippen molar-refractivity contribution in [1.29, 1.82) is 0 Å². The topological polar surface area (TPSA) is 194 Å². The lowest BCUT2D eigenvalue weighted by atomic mass is 9.80. The van der Waals surface area contributed by atoms with Crippen molar-refractivity contribution in [1.82, 2.24) is 49.6 Å². The number of amides is 4. The summed E-state index contributed by atoms with van der Waals surface area (Å²) in [4.78, 5) is 87.3. The van der Waals surface area contributed by atoms with Gasteiger partial charge in [-0.25, -0.2) is 9.78 Å². The summed E-state index contributed by atoms with van der Waals surface area (Å²) in [5.41, 5.74) is 3.22. The molecule has 6 fully saturated rings. The van der Waals surface area contributed by atoms with Crippen LogP contribution >= 0.6 is 0 Å². The Kier molecular flexibility index (Phi) is 16.2. The molecular weight excluding hydrogens is 891 g/mol. The molecule has 3 aromatic rings. The van der Waals surface area contributed by atoms with Gasteiger partial charge in [0.25, 0.3) is 0 Å². The number of carbonyl (C=O) groups is 5. The maximum Gasteiger partial charge on any atom is 0.343 e. The molecule has 1 atom stereocenters. The average molecular weight is 964 g/mol. The molecule has 4 amide bonds. The van der Waals surface area contributed by atoms with E-state index >= 15 is 0 Å². The number of rotatable bonds is 15. The summed E-state index contributed by atoms with van der Waals surface area (Å²) in [7, 11) is 1.84. The maximum atomic E-state index is 13.8. The average Bonchev–Trinajstić information content (AvgIpc) is 3.80. The second-order valence-corrected chi connectivity index (χ2v) is 20.2. The molecule has 2 saturated carbocycles. The number of piperidine rings is 1. The van der Waals surface area contributed by atoms with Crippen molar-refractivity contribution in [2.24, 2.45) is 18.9 Å². The number of carbonyl (C=O) groups excluding carboxylic acids is 5. The van der Waals surface area contributed by atoms with Crippen LogP contribution in [-0.2, 0) is 31.0 Å². The van der Waals surface area contributed by atoms with Gasteiger partial charge in [-0.3, -0.25) is 43.9 Å². The van der Waals surface area contributed by atoms with Crippen LogP contribution in [0.1, 0.15) is 99.4 Å². The number of nitrogens with one attached hydrogen (secondary N) is 3. The number of nitrogens with zero attached hydrogens (tertiary/aromatic N) is 10. The van der Waals surface area contributed by atoms with Crippen molar-refractivity contribution in [2.75, 3.05) is 114 Å². The monoisotopic (exact) mass is 964 g/mol. The summed E-state index contributed by atoms with van der Waals surface area (Å²) in [6.45, 7) is 14.8. The summed E-state index contributed by atoms with van der Waals surface area (Å²) < 4.78 is 7.00. The summed E-state index contributed by atoms with van der Waals surface area (Å²) in [5, 5.41) is 13.4. The largest absolute Gasteiger partial charge is 0.462 e. The van der Waals surface area contributed by atoms with E-state index in [-0.39, 0.29) is 54.0 Å². The van der Waals surface area contributed by atoms with E-state index in [1.165, 1.54) is 11.9 Å². The van der Waals surface area contributed by atoms with Crippen LogP contribution in [0.3, 0.4) is 0 Å². The molecule has 4 saturated heterocycles. The minimum Gasteiger partial charge on any atom is -0.462 e. The molecule has 1 aromatic carbocycles. The smallest absolute Gasteiger partial charge is 0.343 e. The van der Waals surface area contributed by atoms with Crippen molar-refractivity contribution in [3.8, 4) is 0 Å². The standard InChI is InChI=1S/C51H73N13O6/c1-3-70-50(69)44-34-52-51(55-40-33-53-58(2)35-40)57-46(44)54-39-11-15-42(16-12-39)62-29-31-64(32-30-62)49(68)38-7-5-37(6-8-38)48(67)63-27-23-60(24-28-63)20-4-19-59-21-25-61(26-22-59)41-13-9-36(10-14-41)43-17-18-45(65)56-47(43)66/h9-10,13-14,33-35,37-39,42-43H,3-8,11-12,15-32H2,1-2H3,(H,56,65,66)(H2,52,54,55,57). The molecule has 2 aliphatic carbocycles. The second-order valence-electron chi connectivity index (χ2n) is 20.2. The third-order valence-electron chi connectivity index (χ3n) is 15.8.